The van der Waals surface area contributed by atoms with Gasteiger partial charge in [0.2, 0.25) is 0 Å². The van der Waals surface area contributed by atoms with Crippen molar-refractivity contribution >= 4 is 17.3 Å². The lowest BCUT2D eigenvalue weighted by Crippen LogP contribution is -2.03. The first kappa shape index (κ1) is 13.9. The van der Waals surface area contributed by atoms with E-state index in [9.17, 15) is 4.39 Å². The van der Waals surface area contributed by atoms with Gasteiger partial charge in [0.05, 0.1) is 34.0 Å². The Bertz CT molecular complexity index is 729. The zero-order valence-corrected chi connectivity index (χ0v) is 11.1. The molecule has 0 aliphatic carbocycles. The maximum absolute atomic E-state index is 13.2. The van der Waals surface area contributed by atoms with Crippen LogP contribution in [0.15, 0.2) is 36.4 Å². The Morgan fingerprint density at radius 3 is 2.60 bits per heavy atom. The fourth-order valence-corrected chi connectivity index (χ4v) is 1.92. The van der Waals surface area contributed by atoms with E-state index in [4.69, 9.17) is 22.1 Å². The van der Waals surface area contributed by atoms with Gasteiger partial charge < -0.3 is 5.32 Å². The molecule has 0 radical (unpaired) electrons. The molecule has 0 aromatic heterocycles. The number of rotatable bonds is 3. The van der Waals surface area contributed by atoms with Gasteiger partial charge in [-0.1, -0.05) is 11.6 Å². The fraction of sp³-hybridized carbons (Fsp3) is 0.0667. The van der Waals surface area contributed by atoms with Crippen molar-refractivity contribution < 1.29 is 4.39 Å². The standard InChI is InChI=1S/C15H9ClFN3/c16-14-4-1-10(7-18)5-15(14)20-9-12-6-13(17)3-2-11(12)8-19/h1-6,20H,9H2. The Hall–Kier alpha value is -2.56. The molecule has 1 N–H and O–H groups in total. The Balaban J connectivity index is 2.23. The summed E-state index contributed by atoms with van der Waals surface area (Å²) in [5.74, 6) is -0.405. The van der Waals surface area contributed by atoms with Crippen LogP contribution in [0.3, 0.4) is 0 Å². The number of hydrogen-bond acceptors (Lipinski definition) is 3. The minimum Gasteiger partial charge on any atom is -0.380 e. The van der Waals surface area contributed by atoms with Gasteiger partial charge in [-0.2, -0.15) is 10.5 Å². The summed E-state index contributed by atoms with van der Waals surface area (Å²) < 4.78 is 13.2. The Morgan fingerprint density at radius 2 is 1.90 bits per heavy atom. The predicted octanol–water partition coefficient (Wildman–Crippen LogP) is 3.83. The Labute approximate surface area is 120 Å². The highest BCUT2D eigenvalue weighted by atomic mass is 35.5. The highest BCUT2D eigenvalue weighted by Crippen LogP contribution is 2.24. The topological polar surface area (TPSA) is 59.6 Å². The molecule has 0 heterocycles. The third-order valence-electron chi connectivity index (χ3n) is 2.75. The van der Waals surface area contributed by atoms with Crippen LogP contribution in [0.2, 0.25) is 5.02 Å². The average molecular weight is 286 g/mol. The van der Waals surface area contributed by atoms with E-state index in [1.54, 1.807) is 18.2 Å². The minimum absolute atomic E-state index is 0.245. The van der Waals surface area contributed by atoms with Crippen molar-refractivity contribution in [2.45, 2.75) is 6.54 Å². The van der Waals surface area contributed by atoms with Crippen molar-refractivity contribution in [2.75, 3.05) is 5.32 Å². The van der Waals surface area contributed by atoms with Gasteiger partial charge in [0.25, 0.3) is 0 Å². The summed E-state index contributed by atoms with van der Waals surface area (Å²) in [6.07, 6.45) is 0. The van der Waals surface area contributed by atoms with E-state index in [0.717, 1.165) is 0 Å². The Kier molecular flexibility index (Phi) is 4.20. The molecule has 0 fully saturated rings. The molecular formula is C15H9ClFN3. The summed E-state index contributed by atoms with van der Waals surface area (Å²) in [5.41, 5.74) is 1.97. The second-order valence-electron chi connectivity index (χ2n) is 4.07. The number of halogens is 2. The summed E-state index contributed by atoms with van der Waals surface area (Å²) in [5, 5.41) is 21.3. The van der Waals surface area contributed by atoms with Gasteiger partial charge in [0, 0.05) is 6.54 Å². The lowest BCUT2D eigenvalue weighted by atomic mass is 10.1. The molecular weight excluding hydrogens is 277 g/mol. The maximum atomic E-state index is 13.2. The van der Waals surface area contributed by atoms with Gasteiger partial charge >= 0.3 is 0 Å². The van der Waals surface area contributed by atoms with E-state index in [1.165, 1.54) is 18.2 Å². The first-order chi connectivity index (χ1) is 9.63. The second kappa shape index (κ2) is 6.06. The molecule has 0 bridgehead atoms. The third kappa shape index (κ3) is 3.06. The van der Waals surface area contributed by atoms with Gasteiger partial charge in [-0.05, 0) is 42.0 Å². The Morgan fingerprint density at radius 1 is 1.10 bits per heavy atom. The highest BCUT2D eigenvalue weighted by Gasteiger charge is 2.06. The van der Waals surface area contributed by atoms with Crippen LogP contribution >= 0.6 is 11.6 Å². The zero-order valence-electron chi connectivity index (χ0n) is 10.3. The smallest absolute Gasteiger partial charge is 0.123 e. The van der Waals surface area contributed by atoms with Crippen LogP contribution in [0.1, 0.15) is 16.7 Å². The molecule has 0 aliphatic rings. The summed E-state index contributed by atoms with van der Waals surface area (Å²) in [6.45, 7) is 0.245. The first-order valence-electron chi connectivity index (χ1n) is 5.76. The highest BCUT2D eigenvalue weighted by molar-refractivity contribution is 6.33. The third-order valence-corrected chi connectivity index (χ3v) is 3.08. The molecule has 0 spiro atoms. The monoisotopic (exact) mass is 285 g/mol. The molecule has 0 saturated heterocycles. The second-order valence-corrected chi connectivity index (χ2v) is 4.48. The predicted molar refractivity (Wildman–Crippen MR) is 74.6 cm³/mol. The molecule has 2 rings (SSSR count). The molecule has 2 aromatic carbocycles. The number of anilines is 1. The quantitative estimate of drug-likeness (QED) is 0.932. The first-order valence-corrected chi connectivity index (χ1v) is 6.14. The molecule has 2 aromatic rings. The SMILES string of the molecule is N#Cc1ccc(Cl)c(NCc2cc(F)ccc2C#N)c1. The van der Waals surface area contributed by atoms with Crippen LogP contribution < -0.4 is 5.32 Å². The summed E-state index contributed by atoms with van der Waals surface area (Å²) in [4.78, 5) is 0. The molecule has 3 nitrogen and oxygen atoms in total. The number of benzene rings is 2. The summed E-state index contributed by atoms with van der Waals surface area (Å²) in [6, 6.07) is 12.8. The lowest BCUT2D eigenvalue weighted by Gasteiger charge is -2.10. The van der Waals surface area contributed by atoms with Crippen molar-refractivity contribution in [3.63, 3.8) is 0 Å². The fourth-order valence-electron chi connectivity index (χ4n) is 1.74. The van der Waals surface area contributed by atoms with Crippen LogP contribution in [0, 0.1) is 28.5 Å². The molecule has 0 unspecified atom stereocenters. The van der Waals surface area contributed by atoms with Gasteiger partial charge in [-0.25, -0.2) is 4.39 Å². The van der Waals surface area contributed by atoms with Crippen LogP contribution in [0.5, 0.6) is 0 Å². The average Bonchev–Trinajstić information content (AvgIpc) is 2.46. The van der Waals surface area contributed by atoms with Crippen LogP contribution in [0.4, 0.5) is 10.1 Å². The van der Waals surface area contributed by atoms with Gasteiger partial charge in [0.15, 0.2) is 0 Å². The molecule has 0 amide bonds. The van der Waals surface area contributed by atoms with E-state index in [-0.39, 0.29) is 6.54 Å². The molecule has 20 heavy (non-hydrogen) atoms. The maximum Gasteiger partial charge on any atom is 0.123 e. The summed E-state index contributed by atoms with van der Waals surface area (Å²) in [7, 11) is 0. The van der Waals surface area contributed by atoms with Crippen LogP contribution in [-0.4, -0.2) is 0 Å². The van der Waals surface area contributed by atoms with Gasteiger partial charge in [0.1, 0.15) is 5.82 Å². The van der Waals surface area contributed by atoms with Crippen LogP contribution in [-0.2, 0) is 6.54 Å². The molecule has 0 aliphatic heterocycles. The number of nitrogens with one attached hydrogen (secondary N) is 1. The number of nitriles is 2. The van der Waals surface area contributed by atoms with Gasteiger partial charge in [-0.15, -0.1) is 0 Å². The normalized spacial score (nSPS) is 9.60. The van der Waals surface area contributed by atoms with Crippen LogP contribution in [0.25, 0.3) is 0 Å². The van der Waals surface area contributed by atoms with Crippen molar-refractivity contribution in [2.24, 2.45) is 0 Å². The molecule has 5 heteroatoms. The van der Waals surface area contributed by atoms with E-state index in [0.29, 0.717) is 27.4 Å². The van der Waals surface area contributed by atoms with E-state index < -0.39 is 5.82 Å². The van der Waals surface area contributed by atoms with Crippen molar-refractivity contribution in [3.8, 4) is 12.1 Å². The summed E-state index contributed by atoms with van der Waals surface area (Å²) >= 11 is 6.01. The minimum atomic E-state index is -0.405. The zero-order chi connectivity index (χ0) is 14.5. The molecule has 0 saturated carbocycles. The molecule has 0 atom stereocenters. The lowest BCUT2D eigenvalue weighted by molar-refractivity contribution is 0.625. The van der Waals surface area contributed by atoms with E-state index in [1.807, 2.05) is 12.1 Å². The molecule has 98 valence electrons. The van der Waals surface area contributed by atoms with Gasteiger partial charge in [-0.3, -0.25) is 0 Å². The largest absolute Gasteiger partial charge is 0.380 e. The van der Waals surface area contributed by atoms with Crippen molar-refractivity contribution in [3.05, 3.63) is 63.9 Å². The van der Waals surface area contributed by atoms with Crippen molar-refractivity contribution in [1.29, 1.82) is 10.5 Å². The number of nitrogens with zero attached hydrogens (tertiary/aromatic N) is 2. The van der Waals surface area contributed by atoms with E-state index in [2.05, 4.69) is 5.32 Å². The number of hydrogen-bond donors (Lipinski definition) is 1. The van der Waals surface area contributed by atoms with E-state index >= 15 is 0 Å². The van der Waals surface area contributed by atoms with Crippen molar-refractivity contribution in [1.82, 2.24) is 0 Å².